The van der Waals surface area contributed by atoms with Crippen molar-refractivity contribution in [2.24, 2.45) is 10.9 Å². The van der Waals surface area contributed by atoms with Crippen molar-refractivity contribution in [3.8, 4) is 0 Å². The van der Waals surface area contributed by atoms with Gasteiger partial charge in [0, 0.05) is 23.2 Å². The quantitative estimate of drug-likeness (QED) is 0.380. The fourth-order valence-electron chi connectivity index (χ4n) is 1.80. The highest BCUT2D eigenvalue weighted by atomic mass is 79.9. The van der Waals surface area contributed by atoms with Crippen LogP contribution in [0.25, 0.3) is 0 Å². The summed E-state index contributed by atoms with van der Waals surface area (Å²) >= 11 is 3.44. The van der Waals surface area contributed by atoms with E-state index in [0.29, 0.717) is 0 Å². The molecule has 94 valence electrons. The summed E-state index contributed by atoms with van der Waals surface area (Å²) in [4.78, 5) is 2.21. The largest absolute Gasteiger partial charge is 0.409 e. The maximum Gasteiger partial charge on any atom is 0.173 e. The molecule has 0 aliphatic carbocycles. The first-order valence-electron chi connectivity index (χ1n) is 5.67. The Bertz CT molecular complexity index is 407. The average Bonchev–Trinajstić information content (AvgIpc) is 2.34. The molecule has 1 aromatic rings. The lowest BCUT2D eigenvalue weighted by molar-refractivity contribution is 0.318. The maximum atomic E-state index is 8.85. The first kappa shape index (κ1) is 13.8. The molecule has 0 spiro atoms. The van der Waals surface area contributed by atoms with Gasteiger partial charge in [0.2, 0.25) is 0 Å². The molecule has 1 aromatic carbocycles. The van der Waals surface area contributed by atoms with E-state index in [9.17, 15) is 0 Å². The van der Waals surface area contributed by atoms with Crippen molar-refractivity contribution in [1.29, 1.82) is 0 Å². The fourth-order valence-corrected chi connectivity index (χ4v) is 2.36. The Morgan fingerprint density at radius 3 is 2.71 bits per heavy atom. The van der Waals surface area contributed by atoms with Gasteiger partial charge in [-0.2, -0.15) is 0 Å². The number of amidine groups is 1. The summed E-state index contributed by atoms with van der Waals surface area (Å²) in [6.07, 6.45) is 1.05. The van der Waals surface area contributed by atoms with Crippen LogP contribution in [0, 0.1) is 0 Å². The molecule has 1 rings (SSSR count). The minimum atomic E-state index is 0.127. The van der Waals surface area contributed by atoms with Crippen LogP contribution in [0.15, 0.2) is 27.8 Å². The summed E-state index contributed by atoms with van der Waals surface area (Å²) in [5.74, 6) is 0.127. The third kappa shape index (κ3) is 3.12. The van der Waals surface area contributed by atoms with E-state index in [1.54, 1.807) is 0 Å². The number of rotatable bonds is 5. The van der Waals surface area contributed by atoms with Crippen molar-refractivity contribution >= 4 is 27.5 Å². The summed E-state index contributed by atoms with van der Waals surface area (Å²) in [7, 11) is 0. The van der Waals surface area contributed by atoms with Gasteiger partial charge in [0.25, 0.3) is 0 Å². The highest BCUT2D eigenvalue weighted by Crippen LogP contribution is 2.27. The van der Waals surface area contributed by atoms with Crippen molar-refractivity contribution in [3.63, 3.8) is 0 Å². The molecule has 0 radical (unpaired) electrons. The number of hydrogen-bond donors (Lipinski definition) is 2. The molecule has 0 amide bonds. The van der Waals surface area contributed by atoms with Crippen LogP contribution in [0.4, 0.5) is 5.69 Å². The molecule has 0 fully saturated rings. The Morgan fingerprint density at radius 2 is 2.18 bits per heavy atom. The summed E-state index contributed by atoms with van der Waals surface area (Å²) in [5, 5.41) is 11.9. The van der Waals surface area contributed by atoms with Crippen molar-refractivity contribution in [3.05, 3.63) is 28.2 Å². The highest BCUT2D eigenvalue weighted by molar-refractivity contribution is 9.10. The lowest BCUT2D eigenvalue weighted by Crippen LogP contribution is -2.27. The molecule has 17 heavy (non-hydrogen) atoms. The summed E-state index contributed by atoms with van der Waals surface area (Å²) in [6, 6.07) is 5.82. The van der Waals surface area contributed by atoms with E-state index in [0.717, 1.165) is 35.2 Å². The molecule has 5 heteroatoms. The molecule has 0 aromatic heterocycles. The fraction of sp³-hybridized carbons (Fsp3) is 0.417. The van der Waals surface area contributed by atoms with Gasteiger partial charge in [-0.25, -0.2) is 0 Å². The first-order chi connectivity index (χ1) is 8.15. The van der Waals surface area contributed by atoms with Gasteiger partial charge >= 0.3 is 0 Å². The lowest BCUT2D eigenvalue weighted by Gasteiger charge is -2.25. The van der Waals surface area contributed by atoms with Crippen molar-refractivity contribution in [1.82, 2.24) is 0 Å². The molecule has 0 saturated heterocycles. The number of hydrogen-bond acceptors (Lipinski definition) is 3. The molecule has 0 atom stereocenters. The molecule has 0 heterocycles. The van der Waals surface area contributed by atoms with Crippen LogP contribution in [0.5, 0.6) is 0 Å². The van der Waals surface area contributed by atoms with Gasteiger partial charge in [0.05, 0.1) is 5.56 Å². The zero-order valence-electron chi connectivity index (χ0n) is 10.2. The number of anilines is 1. The third-order valence-corrected chi connectivity index (χ3v) is 3.23. The number of nitrogens with zero attached hydrogens (tertiary/aromatic N) is 2. The average molecular weight is 300 g/mol. The SMILES string of the molecule is CCCN(CC)c1cccc(Br)c1/C(N)=N/O. The van der Waals surface area contributed by atoms with E-state index < -0.39 is 0 Å². The molecule has 3 N–H and O–H groups in total. The second-order valence-corrected chi connectivity index (χ2v) is 4.55. The standard InChI is InChI=1S/C12H18BrN3O/c1-3-8-16(4-2)10-7-5-6-9(13)11(10)12(14)15-17/h5-7,17H,3-4,8H2,1-2H3,(H2,14,15). The zero-order valence-corrected chi connectivity index (χ0v) is 11.7. The van der Waals surface area contributed by atoms with Crippen molar-refractivity contribution in [2.45, 2.75) is 20.3 Å². The zero-order chi connectivity index (χ0) is 12.8. The third-order valence-electron chi connectivity index (χ3n) is 2.57. The molecule has 4 nitrogen and oxygen atoms in total. The number of oxime groups is 1. The van der Waals surface area contributed by atoms with Gasteiger partial charge in [0.1, 0.15) is 0 Å². The Hall–Kier alpha value is -1.23. The van der Waals surface area contributed by atoms with E-state index in [4.69, 9.17) is 10.9 Å². The number of halogens is 1. The molecule has 0 aliphatic rings. The number of nitrogens with two attached hydrogens (primary N) is 1. The second kappa shape index (κ2) is 6.49. The van der Waals surface area contributed by atoms with Gasteiger partial charge < -0.3 is 15.8 Å². The van der Waals surface area contributed by atoms with E-state index in [2.05, 4.69) is 39.8 Å². The molecule has 0 aliphatic heterocycles. The van der Waals surface area contributed by atoms with Crippen molar-refractivity contribution in [2.75, 3.05) is 18.0 Å². The summed E-state index contributed by atoms with van der Waals surface area (Å²) in [6.45, 7) is 6.05. The van der Waals surface area contributed by atoms with Gasteiger partial charge in [-0.3, -0.25) is 0 Å². The molecular formula is C12H18BrN3O. The van der Waals surface area contributed by atoms with E-state index >= 15 is 0 Å². The molecular weight excluding hydrogens is 282 g/mol. The summed E-state index contributed by atoms with van der Waals surface area (Å²) in [5.41, 5.74) is 7.45. The van der Waals surface area contributed by atoms with Gasteiger partial charge in [-0.05, 0) is 41.4 Å². The smallest absolute Gasteiger partial charge is 0.173 e. The normalized spacial score (nSPS) is 11.6. The topological polar surface area (TPSA) is 61.8 Å². The minimum Gasteiger partial charge on any atom is -0.409 e. The minimum absolute atomic E-state index is 0.127. The van der Waals surface area contributed by atoms with Crippen LogP contribution in [0.3, 0.4) is 0 Å². The maximum absolute atomic E-state index is 8.85. The number of benzene rings is 1. The van der Waals surface area contributed by atoms with Crippen LogP contribution >= 0.6 is 15.9 Å². The van der Waals surface area contributed by atoms with Crippen LogP contribution < -0.4 is 10.6 Å². The Morgan fingerprint density at radius 1 is 1.47 bits per heavy atom. The van der Waals surface area contributed by atoms with Gasteiger partial charge in [-0.1, -0.05) is 18.1 Å². The molecule has 0 bridgehead atoms. The Balaban J connectivity index is 3.27. The van der Waals surface area contributed by atoms with Crippen LogP contribution in [-0.4, -0.2) is 24.1 Å². The molecule has 0 unspecified atom stereocenters. The predicted molar refractivity (Wildman–Crippen MR) is 74.8 cm³/mol. The lowest BCUT2D eigenvalue weighted by atomic mass is 10.1. The van der Waals surface area contributed by atoms with E-state index in [1.165, 1.54) is 0 Å². The Labute approximate surface area is 110 Å². The van der Waals surface area contributed by atoms with E-state index in [-0.39, 0.29) is 5.84 Å². The summed E-state index contributed by atoms with van der Waals surface area (Å²) < 4.78 is 0.833. The van der Waals surface area contributed by atoms with Crippen molar-refractivity contribution < 1.29 is 5.21 Å². The molecule has 0 saturated carbocycles. The Kier molecular flexibility index (Phi) is 5.28. The van der Waals surface area contributed by atoms with Gasteiger partial charge in [-0.15, -0.1) is 0 Å². The highest BCUT2D eigenvalue weighted by Gasteiger charge is 2.15. The predicted octanol–water partition coefficient (Wildman–Crippen LogP) is 2.78. The second-order valence-electron chi connectivity index (χ2n) is 3.70. The van der Waals surface area contributed by atoms with Crippen LogP contribution in [0.2, 0.25) is 0 Å². The monoisotopic (exact) mass is 299 g/mol. The van der Waals surface area contributed by atoms with Crippen LogP contribution in [0.1, 0.15) is 25.8 Å². The van der Waals surface area contributed by atoms with E-state index in [1.807, 2.05) is 18.2 Å². The van der Waals surface area contributed by atoms with Crippen LogP contribution in [-0.2, 0) is 0 Å². The first-order valence-corrected chi connectivity index (χ1v) is 6.46. The van der Waals surface area contributed by atoms with Gasteiger partial charge in [0.15, 0.2) is 5.84 Å².